The molecule has 1 aliphatic rings. The second kappa shape index (κ2) is 8.70. The highest BCUT2D eigenvalue weighted by molar-refractivity contribution is 5.85. The minimum Gasteiger partial charge on any atom is -0.376 e. The zero-order valence-corrected chi connectivity index (χ0v) is 14.4. The Bertz CT molecular complexity index is 663. The van der Waals surface area contributed by atoms with Gasteiger partial charge in [-0.25, -0.2) is 0 Å². The molecule has 2 unspecified atom stereocenters. The second-order valence-corrected chi connectivity index (χ2v) is 6.15. The van der Waals surface area contributed by atoms with Gasteiger partial charge in [0.2, 0.25) is 0 Å². The fraction of sp³-hybridized carbons (Fsp3) is 0.368. The van der Waals surface area contributed by atoms with Crippen molar-refractivity contribution in [2.45, 2.75) is 18.7 Å². The van der Waals surface area contributed by atoms with Crippen molar-refractivity contribution in [1.29, 1.82) is 0 Å². The van der Waals surface area contributed by atoms with E-state index in [0.29, 0.717) is 24.0 Å². The number of benzene rings is 2. The van der Waals surface area contributed by atoms with Gasteiger partial charge in [-0.3, -0.25) is 0 Å². The number of halogens is 4. The van der Waals surface area contributed by atoms with Crippen molar-refractivity contribution in [3.8, 4) is 0 Å². The maximum atomic E-state index is 12.7. The van der Waals surface area contributed by atoms with Gasteiger partial charge in [0, 0.05) is 24.9 Å². The summed E-state index contributed by atoms with van der Waals surface area (Å²) in [5.41, 5.74) is 1.19. The summed E-state index contributed by atoms with van der Waals surface area (Å²) < 4.78 is 43.9. The van der Waals surface area contributed by atoms with E-state index in [1.165, 1.54) is 11.6 Å². The van der Waals surface area contributed by atoms with Crippen LogP contribution in [0.4, 0.5) is 13.2 Å². The normalized spacial score (nSPS) is 20.3. The summed E-state index contributed by atoms with van der Waals surface area (Å²) in [5.74, 6) is 0.714. The summed E-state index contributed by atoms with van der Waals surface area (Å²) in [6, 6.07) is 15.6. The van der Waals surface area contributed by atoms with Crippen molar-refractivity contribution in [3.05, 3.63) is 71.3 Å². The topological polar surface area (TPSA) is 21.3 Å². The van der Waals surface area contributed by atoms with Gasteiger partial charge >= 0.3 is 6.18 Å². The molecule has 0 bridgehead atoms. The third-order valence-electron chi connectivity index (χ3n) is 4.42. The lowest BCUT2D eigenvalue weighted by molar-refractivity contribution is -0.137. The number of hydrogen-bond acceptors (Lipinski definition) is 2. The standard InChI is InChI=1S/C19H20F3NO.ClH/c20-19(21,22)17-8-4-5-14(9-17)12-24-13-16-10-23-11-18(16)15-6-2-1-3-7-15;/h1-9,16,18,23H,10-13H2;1H. The maximum Gasteiger partial charge on any atom is 0.416 e. The average molecular weight is 372 g/mol. The first-order valence-electron chi connectivity index (χ1n) is 8.03. The van der Waals surface area contributed by atoms with Crippen LogP contribution in [0.5, 0.6) is 0 Å². The third-order valence-corrected chi connectivity index (χ3v) is 4.42. The zero-order valence-electron chi connectivity index (χ0n) is 13.6. The smallest absolute Gasteiger partial charge is 0.376 e. The zero-order chi connectivity index (χ0) is 17.0. The van der Waals surface area contributed by atoms with E-state index in [0.717, 1.165) is 25.2 Å². The molecule has 3 rings (SSSR count). The first kappa shape index (κ1) is 19.8. The molecule has 2 aromatic carbocycles. The molecule has 0 amide bonds. The van der Waals surface area contributed by atoms with E-state index in [9.17, 15) is 13.2 Å². The molecule has 0 spiro atoms. The summed E-state index contributed by atoms with van der Waals surface area (Å²) >= 11 is 0. The van der Waals surface area contributed by atoms with Gasteiger partial charge in [0.1, 0.15) is 0 Å². The summed E-state index contributed by atoms with van der Waals surface area (Å²) in [7, 11) is 0. The molecule has 1 aliphatic heterocycles. The van der Waals surface area contributed by atoms with Crippen LogP contribution in [0.2, 0.25) is 0 Å². The van der Waals surface area contributed by atoms with E-state index in [4.69, 9.17) is 4.74 Å². The van der Waals surface area contributed by atoms with E-state index in [1.807, 2.05) is 18.2 Å². The molecule has 2 nitrogen and oxygen atoms in total. The van der Waals surface area contributed by atoms with Crippen molar-refractivity contribution in [2.75, 3.05) is 19.7 Å². The molecular formula is C19H21ClF3NO. The monoisotopic (exact) mass is 371 g/mol. The number of hydrogen-bond donors (Lipinski definition) is 1. The average Bonchev–Trinajstić information content (AvgIpc) is 3.04. The molecule has 6 heteroatoms. The van der Waals surface area contributed by atoms with Crippen LogP contribution in [0.15, 0.2) is 54.6 Å². The van der Waals surface area contributed by atoms with Crippen LogP contribution in [-0.4, -0.2) is 19.7 Å². The second-order valence-electron chi connectivity index (χ2n) is 6.15. The molecule has 136 valence electrons. The number of nitrogens with one attached hydrogen (secondary N) is 1. The lowest BCUT2D eigenvalue weighted by Crippen LogP contribution is -2.17. The quantitative estimate of drug-likeness (QED) is 0.826. The Morgan fingerprint density at radius 3 is 2.48 bits per heavy atom. The molecule has 1 fully saturated rings. The Balaban J connectivity index is 0.00000225. The van der Waals surface area contributed by atoms with E-state index in [-0.39, 0.29) is 19.0 Å². The molecule has 1 heterocycles. The number of ether oxygens (including phenoxy) is 1. The van der Waals surface area contributed by atoms with E-state index < -0.39 is 11.7 Å². The Morgan fingerprint density at radius 1 is 1.00 bits per heavy atom. The summed E-state index contributed by atoms with van der Waals surface area (Å²) in [6.07, 6.45) is -4.32. The van der Waals surface area contributed by atoms with E-state index in [1.54, 1.807) is 6.07 Å². The highest BCUT2D eigenvalue weighted by Crippen LogP contribution is 2.30. The molecule has 2 aromatic rings. The van der Waals surface area contributed by atoms with Gasteiger partial charge in [-0.05, 0) is 23.3 Å². The van der Waals surface area contributed by atoms with E-state index >= 15 is 0 Å². The van der Waals surface area contributed by atoms with Crippen molar-refractivity contribution in [2.24, 2.45) is 5.92 Å². The summed E-state index contributed by atoms with van der Waals surface area (Å²) in [6.45, 7) is 2.49. The fourth-order valence-corrected chi connectivity index (χ4v) is 3.16. The predicted molar refractivity (Wildman–Crippen MR) is 93.9 cm³/mol. The first-order valence-corrected chi connectivity index (χ1v) is 8.03. The number of rotatable bonds is 5. The minimum atomic E-state index is -4.32. The van der Waals surface area contributed by atoms with Crippen LogP contribution in [0.1, 0.15) is 22.6 Å². The largest absolute Gasteiger partial charge is 0.416 e. The van der Waals surface area contributed by atoms with Gasteiger partial charge < -0.3 is 10.1 Å². The van der Waals surface area contributed by atoms with Crippen LogP contribution in [0, 0.1) is 5.92 Å². The lowest BCUT2D eigenvalue weighted by Gasteiger charge is -2.19. The third kappa shape index (κ3) is 5.21. The summed E-state index contributed by atoms with van der Waals surface area (Å²) in [4.78, 5) is 0. The van der Waals surface area contributed by atoms with Gasteiger partial charge in [-0.1, -0.05) is 42.5 Å². The molecule has 0 aliphatic carbocycles. The lowest BCUT2D eigenvalue weighted by atomic mass is 9.89. The highest BCUT2D eigenvalue weighted by Gasteiger charge is 2.31. The molecule has 0 saturated carbocycles. The molecule has 1 N–H and O–H groups in total. The van der Waals surface area contributed by atoms with Crippen LogP contribution in [0.25, 0.3) is 0 Å². The molecule has 25 heavy (non-hydrogen) atoms. The Labute approximate surface area is 151 Å². The molecule has 2 atom stereocenters. The highest BCUT2D eigenvalue weighted by atomic mass is 35.5. The van der Waals surface area contributed by atoms with Gasteiger partial charge in [0.05, 0.1) is 18.8 Å². The first-order chi connectivity index (χ1) is 11.5. The Kier molecular flexibility index (Phi) is 6.87. The molecule has 0 aromatic heterocycles. The Morgan fingerprint density at radius 2 is 1.76 bits per heavy atom. The van der Waals surface area contributed by atoms with Crippen molar-refractivity contribution in [3.63, 3.8) is 0 Å². The van der Waals surface area contributed by atoms with Gasteiger partial charge in [0.25, 0.3) is 0 Å². The van der Waals surface area contributed by atoms with Crippen LogP contribution < -0.4 is 5.32 Å². The van der Waals surface area contributed by atoms with Crippen molar-refractivity contribution >= 4 is 12.4 Å². The minimum absolute atomic E-state index is 0. The van der Waals surface area contributed by atoms with Crippen LogP contribution >= 0.6 is 12.4 Å². The predicted octanol–water partition coefficient (Wildman–Crippen LogP) is 4.65. The molecule has 1 saturated heterocycles. The number of alkyl halides is 3. The van der Waals surface area contributed by atoms with Crippen molar-refractivity contribution in [1.82, 2.24) is 5.32 Å². The fourth-order valence-electron chi connectivity index (χ4n) is 3.16. The van der Waals surface area contributed by atoms with Crippen LogP contribution in [-0.2, 0) is 17.5 Å². The molecular weight excluding hydrogens is 351 g/mol. The van der Waals surface area contributed by atoms with Crippen molar-refractivity contribution < 1.29 is 17.9 Å². The summed E-state index contributed by atoms with van der Waals surface area (Å²) in [5, 5.41) is 3.37. The van der Waals surface area contributed by atoms with Gasteiger partial charge in [-0.15, -0.1) is 12.4 Å². The Hall–Kier alpha value is -1.56. The van der Waals surface area contributed by atoms with E-state index in [2.05, 4.69) is 17.4 Å². The molecule has 0 radical (unpaired) electrons. The van der Waals surface area contributed by atoms with Gasteiger partial charge in [0.15, 0.2) is 0 Å². The van der Waals surface area contributed by atoms with Gasteiger partial charge in [-0.2, -0.15) is 13.2 Å². The SMILES string of the molecule is Cl.FC(F)(F)c1cccc(COCC2CNCC2c2ccccc2)c1. The van der Waals surface area contributed by atoms with Crippen LogP contribution in [0.3, 0.4) is 0 Å². The maximum absolute atomic E-state index is 12.7.